The quantitative estimate of drug-likeness (QED) is 0.658. The SMILES string of the molecule is Cc1cccc(CC(=O)N2CCCC(c3nnc(-c4ccc5c(c4)OCO5)o3)C2)c1. The van der Waals surface area contributed by atoms with Crippen LogP contribution < -0.4 is 9.47 Å². The van der Waals surface area contributed by atoms with Gasteiger partial charge in [0.05, 0.1) is 12.3 Å². The summed E-state index contributed by atoms with van der Waals surface area (Å²) in [7, 11) is 0. The molecule has 3 heterocycles. The number of carbonyl (C=O) groups excluding carboxylic acids is 1. The molecule has 0 spiro atoms. The van der Waals surface area contributed by atoms with Crippen LogP contribution >= 0.6 is 0 Å². The molecule has 0 saturated carbocycles. The summed E-state index contributed by atoms with van der Waals surface area (Å²) in [5.74, 6) is 2.62. The molecule has 1 unspecified atom stereocenters. The lowest BCUT2D eigenvalue weighted by Crippen LogP contribution is -2.40. The zero-order valence-corrected chi connectivity index (χ0v) is 16.8. The second kappa shape index (κ2) is 7.82. The van der Waals surface area contributed by atoms with Gasteiger partial charge in [-0.1, -0.05) is 29.8 Å². The predicted octanol–water partition coefficient (Wildman–Crippen LogP) is 3.72. The minimum Gasteiger partial charge on any atom is -0.454 e. The molecule has 1 saturated heterocycles. The van der Waals surface area contributed by atoms with Gasteiger partial charge in [-0.05, 0) is 43.5 Å². The van der Waals surface area contributed by atoms with Crippen LogP contribution in [0.3, 0.4) is 0 Å². The third-order valence-electron chi connectivity index (χ3n) is 5.62. The maximum Gasteiger partial charge on any atom is 0.247 e. The molecule has 7 heteroatoms. The summed E-state index contributed by atoms with van der Waals surface area (Å²) < 4.78 is 16.7. The van der Waals surface area contributed by atoms with Crippen LogP contribution in [0.25, 0.3) is 11.5 Å². The first-order chi connectivity index (χ1) is 14.7. The Morgan fingerprint density at radius 1 is 1.13 bits per heavy atom. The highest BCUT2D eigenvalue weighted by atomic mass is 16.7. The first-order valence-electron chi connectivity index (χ1n) is 10.2. The number of likely N-dealkylation sites (tertiary alicyclic amines) is 1. The van der Waals surface area contributed by atoms with E-state index in [1.807, 2.05) is 48.2 Å². The van der Waals surface area contributed by atoms with Crippen LogP contribution in [0.15, 0.2) is 46.9 Å². The molecular formula is C23H23N3O4. The van der Waals surface area contributed by atoms with E-state index in [1.54, 1.807) is 0 Å². The lowest BCUT2D eigenvalue weighted by Gasteiger charge is -2.31. The number of aromatic nitrogens is 2. The summed E-state index contributed by atoms with van der Waals surface area (Å²) in [6, 6.07) is 13.7. The van der Waals surface area contributed by atoms with Crippen LogP contribution in [0.2, 0.25) is 0 Å². The van der Waals surface area contributed by atoms with E-state index in [9.17, 15) is 4.79 Å². The molecule has 30 heavy (non-hydrogen) atoms. The van der Waals surface area contributed by atoms with Crippen LogP contribution in [0.5, 0.6) is 11.5 Å². The summed E-state index contributed by atoms with van der Waals surface area (Å²) >= 11 is 0. The Labute approximate surface area is 174 Å². The maximum absolute atomic E-state index is 12.8. The standard InChI is InChI=1S/C23H23N3O4/c1-15-4-2-5-16(10-15)11-21(27)26-9-3-6-18(13-26)23-25-24-22(30-23)17-7-8-19-20(12-17)29-14-28-19/h2,4-5,7-8,10,12,18H,3,6,9,11,13-14H2,1H3. The smallest absolute Gasteiger partial charge is 0.247 e. The molecule has 2 aliphatic heterocycles. The first kappa shape index (κ1) is 18.7. The van der Waals surface area contributed by atoms with Gasteiger partial charge in [0.15, 0.2) is 11.5 Å². The lowest BCUT2D eigenvalue weighted by atomic mass is 9.97. The van der Waals surface area contributed by atoms with E-state index in [0.29, 0.717) is 36.2 Å². The van der Waals surface area contributed by atoms with E-state index in [-0.39, 0.29) is 18.6 Å². The number of rotatable bonds is 4. The second-order valence-corrected chi connectivity index (χ2v) is 7.86. The summed E-state index contributed by atoms with van der Waals surface area (Å²) in [5, 5.41) is 8.49. The van der Waals surface area contributed by atoms with Crippen LogP contribution in [0, 0.1) is 6.92 Å². The van der Waals surface area contributed by atoms with Gasteiger partial charge in [0.1, 0.15) is 0 Å². The normalized spacial score (nSPS) is 17.9. The fourth-order valence-electron chi connectivity index (χ4n) is 4.06. The van der Waals surface area contributed by atoms with Gasteiger partial charge >= 0.3 is 0 Å². The Balaban J connectivity index is 1.28. The summed E-state index contributed by atoms with van der Waals surface area (Å²) in [4.78, 5) is 14.7. The van der Waals surface area contributed by atoms with Gasteiger partial charge in [-0.15, -0.1) is 10.2 Å². The second-order valence-electron chi connectivity index (χ2n) is 7.86. The van der Waals surface area contributed by atoms with Crippen molar-refractivity contribution >= 4 is 5.91 Å². The van der Waals surface area contributed by atoms with Gasteiger partial charge < -0.3 is 18.8 Å². The van der Waals surface area contributed by atoms with E-state index in [2.05, 4.69) is 16.3 Å². The number of hydrogen-bond acceptors (Lipinski definition) is 6. The molecule has 7 nitrogen and oxygen atoms in total. The molecule has 2 aromatic carbocycles. The highest BCUT2D eigenvalue weighted by molar-refractivity contribution is 5.79. The van der Waals surface area contributed by atoms with Crippen LogP contribution in [-0.2, 0) is 11.2 Å². The van der Waals surface area contributed by atoms with Crippen LogP contribution in [0.1, 0.15) is 35.8 Å². The van der Waals surface area contributed by atoms with Gasteiger partial charge in [-0.3, -0.25) is 4.79 Å². The van der Waals surface area contributed by atoms with Crippen molar-refractivity contribution in [2.24, 2.45) is 0 Å². The molecule has 1 amide bonds. The average molecular weight is 405 g/mol. The topological polar surface area (TPSA) is 77.7 Å². The third kappa shape index (κ3) is 3.75. The summed E-state index contributed by atoms with van der Waals surface area (Å²) in [6.07, 6.45) is 2.27. The number of amides is 1. The predicted molar refractivity (Wildman–Crippen MR) is 109 cm³/mol. The molecule has 1 atom stereocenters. The molecule has 0 bridgehead atoms. The number of hydrogen-bond donors (Lipinski definition) is 0. The van der Waals surface area contributed by atoms with Crippen molar-refractivity contribution in [2.75, 3.05) is 19.9 Å². The lowest BCUT2D eigenvalue weighted by molar-refractivity contribution is -0.131. The number of nitrogens with zero attached hydrogens (tertiary/aromatic N) is 3. The number of ether oxygens (including phenoxy) is 2. The molecule has 1 fully saturated rings. The number of carbonyl (C=O) groups is 1. The van der Waals surface area contributed by atoms with E-state index in [0.717, 1.165) is 30.5 Å². The monoisotopic (exact) mass is 405 g/mol. The zero-order chi connectivity index (χ0) is 20.5. The Hall–Kier alpha value is -3.35. The van der Waals surface area contributed by atoms with Crippen molar-refractivity contribution < 1.29 is 18.7 Å². The molecule has 2 aliphatic rings. The molecule has 1 aromatic heterocycles. The third-order valence-corrected chi connectivity index (χ3v) is 5.62. The van der Waals surface area contributed by atoms with E-state index < -0.39 is 0 Å². The molecule has 0 N–H and O–H groups in total. The van der Waals surface area contributed by atoms with Gasteiger partial charge in [-0.25, -0.2) is 0 Å². The largest absolute Gasteiger partial charge is 0.454 e. The van der Waals surface area contributed by atoms with E-state index in [4.69, 9.17) is 13.9 Å². The van der Waals surface area contributed by atoms with Crippen LogP contribution in [-0.4, -0.2) is 40.9 Å². The Bertz CT molecular complexity index is 1080. The van der Waals surface area contributed by atoms with Crippen molar-refractivity contribution in [2.45, 2.75) is 32.1 Å². The number of piperidine rings is 1. The zero-order valence-electron chi connectivity index (χ0n) is 16.8. The average Bonchev–Trinajstić information content (AvgIpc) is 3.43. The minimum absolute atomic E-state index is 0.0514. The number of benzene rings is 2. The molecule has 0 radical (unpaired) electrons. The van der Waals surface area contributed by atoms with Crippen molar-refractivity contribution in [1.82, 2.24) is 15.1 Å². The molecule has 154 valence electrons. The van der Waals surface area contributed by atoms with Gasteiger partial charge in [0.2, 0.25) is 24.5 Å². The van der Waals surface area contributed by atoms with Crippen molar-refractivity contribution in [1.29, 1.82) is 0 Å². The molecule has 0 aliphatic carbocycles. The Morgan fingerprint density at radius 3 is 2.93 bits per heavy atom. The van der Waals surface area contributed by atoms with E-state index in [1.165, 1.54) is 5.56 Å². The molecular weight excluding hydrogens is 382 g/mol. The highest BCUT2D eigenvalue weighted by Gasteiger charge is 2.29. The Kier molecular flexibility index (Phi) is 4.86. The van der Waals surface area contributed by atoms with Gasteiger partial charge in [0, 0.05) is 18.7 Å². The maximum atomic E-state index is 12.8. The van der Waals surface area contributed by atoms with Crippen molar-refractivity contribution in [3.63, 3.8) is 0 Å². The summed E-state index contributed by atoms with van der Waals surface area (Å²) in [6.45, 7) is 3.64. The first-order valence-corrected chi connectivity index (χ1v) is 10.2. The van der Waals surface area contributed by atoms with Gasteiger partial charge in [0.25, 0.3) is 0 Å². The molecule has 3 aromatic rings. The number of aryl methyl sites for hydroxylation is 1. The van der Waals surface area contributed by atoms with Crippen molar-refractivity contribution in [3.05, 3.63) is 59.5 Å². The summed E-state index contributed by atoms with van der Waals surface area (Å²) in [5.41, 5.74) is 3.00. The van der Waals surface area contributed by atoms with E-state index >= 15 is 0 Å². The minimum atomic E-state index is 0.0514. The fraction of sp³-hybridized carbons (Fsp3) is 0.348. The fourth-order valence-corrected chi connectivity index (χ4v) is 4.06. The van der Waals surface area contributed by atoms with Gasteiger partial charge in [-0.2, -0.15) is 0 Å². The van der Waals surface area contributed by atoms with Crippen LogP contribution in [0.4, 0.5) is 0 Å². The Morgan fingerprint density at radius 2 is 2.03 bits per heavy atom. The number of fused-ring (bicyclic) bond motifs is 1. The van der Waals surface area contributed by atoms with Crippen molar-refractivity contribution in [3.8, 4) is 23.0 Å². The highest BCUT2D eigenvalue weighted by Crippen LogP contribution is 2.36. The molecule has 5 rings (SSSR count).